The Bertz CT molecular complexity index is 486. The zero-order valence-electron chi connectivity index (χ0n) is 8.27. The van der Waals surface area contributed by atoms with E-state index in [9.17, 15) is 0 Å². The van der Waals surface area contributed by atoms with Crippen molar-refractivity contribution in [3.05, 3.63) is 17.2 Å². The van der Waals surface area contributed by atoms with Gasteiger partial charge in [-0.1, -0.05) is 0 Å². The Morgan fingerprint density at radius 1 is 1.33 bits per heavy atom. The van der Waals surface area contributed by atoms with E-state index in [1.807, 2.05) is 14.0 Å². The van der Waals surface area contributed by atoms with Crippen LogP contribution in [0.4, 0.5) is 5.95 Å². The first kappa shape index (κ1) is 9.85. The fraction of sp³-hybridized carbons (Fsp3) is 0.250. The lowest BCUT2D eigenvalue weighted by Gasteiger charge is -1.98. The summed E-state index contributed by atoms with van der Waals surface area (Å²) in [5.74, 6) is 0.548. The number of nitrogen functional groups attached to an aromatic ring is 1. The minimum Gasteiger partial charge on any atom is -0.368 e. The molecule has 0 radical (unpaired) electrons. The minimum absolute atomic E-state index is 0.0840. The van der Waals surface area contributed by atoms with E-state index in [0.717, 1.165) is 11.3 Å². The van der Waals surface area contributed by atoms with E-state index in [2.05, 4.69) is 20.1 Å². The third kappa shape index (κ3) is 1.89. The van der Waals surface area contributed by atoms with E-state index >= 15 is 0 Å². The van der Waals surface area contributed by atoms with Crippen molar-refractivity contribution >= 4 is 17.5 Å². The van der Waals surface area contributed by atoms with Crippen LogP contribution in [0.3, 0.4) is 0 Å². The number of nitrogens with zero attached hydrogens (tertiary/aromatic N) is 5. The first-order valence-electron chi connectivity index (χ1n) is 4.24. The summed E-state index contributed by atoms with van der Waals surface area (Å²) in [6.07, 6.45) is 1.81. The molecule has 0 saturated carbocycles. The van der Waals surface area contributed by atoms with E-state index in [1.165, 1.54) is 0 Å². The molecule has 78 valence electrons. The van der Waals surface area contributed by atoms with Crippen LogP contribution in [0.2, 0.25) is 5.28 Å². The van der Waals surface area contributed by atoms with Crippen molar-refractivity contribution in [3.63, 3.8) is 0 Å². The second-order valence-electron chi connectivity index (χ2n) is 3.09. The summed E-state index contributed by atoms with van der Waals surface area (Å²) in [6, 6.07) is 0. The quantitative estimate of drug-likeness (QED) is 0.775. The molecule has 0 amide bonds. The number of hydrogen-bond acceptors (Lipinski definition) is 5. The molecule has 2 rings (SSSR count). The summed E-state index contributed by atoms with van der Waals surface area (Å²) in [4.78, 5) is 11.7. The normalized spacial score (nSPS) is 10.6. The molecule has 0 unspecified atom stereocenters. The SMILES string of the molecule is Cc1nn(C)cc1-c1nc(N)nc(Cl)n1. The molecule has 2 N–H and O–H groups in total. The first-order valence-corrected chi connectivity index (χ1v) is 4.61. The van der Waals surface area contributed by atoms with Gasteiger partial charge in [0.15, 0.2) is 5.82 Å². The molecule has 0 saturated heterocycles. The molecule has 6 nitrogen and oxygen atoms in total. The second kappa shape index (κ2) is 3.47. The smallest absolute Gasteiger partial charge is 0.227 e. The van der Waals surface area contributed by atoms with E-state index in [-0.39, 0.29) is 11.2 Å². The molecule has 2 aromatic rings. The highest BCUT2D eigenvalue weighted by molar-refractivity contribution is 6.28. The Balaban J connectivity index is 2.58. The van der Waals surface area contributed by atoms with E-state index in [4.69, 9.17) is 17.3 Å². The fourth-order valence-electron chi connectivity index (χ4n) is 1.30. The third-order valence-corrected chi connectivity index (χ3v) is 2.05. The van der Waals surface area contributed by atoms with E-state index in [0.29, 0.717) is 5.82 Å². The highest BCUT2D eigenvalue weighted by Crippen LogP contribution is 2.19. The monoisotopic (exact) mass is 224 g/mol. The van der Waals surface area contributed by atoms with Gasteiger partial charge in [0.05, 0.1) is 11.3 Å². The van der Waals surface area contributed by atoms with Gasteiger partial charge in [0.1, 0.15) is 0 Å². The lowest BCUT2D eigenvalue weighted by Crippen LogP contribution is -2.00. The van der Waals surface area contributed by atoms with Gasteiger partial charge in [0.2, 0.25) is 11.2 Å². The molecule has 7 heteroatoms. The summed E-state index contributed by atoms with van der Waals surface area (Å²) in [5, 5.41) is 4.26. The van der Waals surface area contributed by atoms with Gasteiger partial charge in [0.25, 0.3) is 0 Å². The maximum atomic E-state index is 5.69. The van der Waals surface area contributed by atoms with Gasteiger partial charge in [-0.2, -0.15) is 20.1 Å². The van der Waals surface area contributed by atoms with Gasteiger partial charge < -0.3 is 5.73 Å². The summed E-state index contributed by atoms with van der Waals surface area (Å²) >= 11 is 5.69. The van der Waals surface area contributed by atoms with Crippen molar-refractivity contribution in [2.75, 3.05) is 5.73 Å². The van der Waals surface area contributed by atoms with Gasteiger partial charge in [-0.25, -0.2) is 0 Å². The number of nitrogens with two attached hydrogens (primary N) is 1. The summed E-state index contributed by atoms with van der Waals surface area (Å²) in [7, 11) is 1.82. The molecule has 0 fully saturated rings. The fourth-order valence-corrected chi connectivity index (χ4v) is 1.47. The average Bonchev–Trinajstić information content (AvgIpc) is 2.43. The predicted molar refractivity (Wildman–Crippen MR) is 56.2 cm³/mol. The molecule has 0 atom stereocenters. The Kier molecular flexibility index (Phi) is 2.28. The van der Waals surface area contributed by atoms with E-state index < -0.39 is 0 Å². The maximum Gasteiger partial charge on any atom is 0.227 e. The third-order valence-electron chi connectivity index (χ3n) is 1.88. The van der Waals surface area contributed by atoms with Gasteiger partial charge >= 0.3 is 0 Å². The van der Waals surface area contributed by atoms with Crippen molar-refractivity contribution in [2.24, 2.45) is 7.05 Å². The molecule has 0 aliphatic rings. The van der Waals surface area contributed by atoms with Crippen LogP contribution in [0.15, 0.2) is 6.20 Å². The minimum atomic E-state index is 0.0840. The highest BCUT2D eigenvalue weighted by Gasteiger charge is 2.10. The second-order valence-corrected chi connectivity index (χ2v) is 3.43. The Hall–Kier alpha value is -1.69. The summed E-state index contributed by atoms with van der Waals surface area (Å²) in [5.41, 5.74) is 7.10. The molecular weight excluding hydrogens is 216 g/mol. The first-order chi connectivity index (χ1) is 7.06. The lowest BCUT2D eigenvalue weighted by atomic mass is 10.2. The number of aryl methyl sites for hydroxylation is 2. The van der Waals surface area contributed by atoms with Gasteiger partial charge in [-0.15, -0.1) is 0 Å². The van der Waals surface area contributed by atoms with Crippen LogP contribution < -0.4 is 5.73 Å². The van der Waals surface area contributed by atoms with Gasteiger partial charge in [-0.3, -0.25) is 4.68 Å². The molecule has 0 aliphatic carbocycles. The largest absolute Gasteiger partial charge is 0.368 e. The van der Waals surface area contributed by atoms with Gasteiger partial charge in [-0.05, 0) is 18.5 Å². The van der Waals surface area contributed by atoms with Crippen molar-refractivity contribution in [1.82, 2.24) is 24.7 Å². The number of rotatable bonds is 1. The maximum absolute atomic E-state index is 5.69. The number of aromatic nitrogens is 5. The van der Waals surface area contributed by atoms with Crippen LogP contribution in [0.5, 0.6) is 0 Å². The summed E-state index contributed by atoms with van der Waals surface area (Å²) < 4.78 is 1.68. The predicted octanol–water partition coefficient (Wildman–Crippen LogP) is 0.816. The molecular formula is C8H9ClN6. The van der Waals surface area contributed by atoms with Crippen LogP contribution in [0.1, 0.15) is 5.69 Å². The Morgan fingerprint density at radius 2 is 2.07 bits per heavy atom. The average molecular weight is 225 g/mol. The van der Waals surface area contributed by atoms with Crippen LogP contribution in [0, 0.1) is 6.92 Å². The highest BCUT2D eigenvalue weighted by atomic mass is 35.5. The van der Waals surface area contributed by atoms with Crippen molar-refractivity contribution < 1.29 is 0 Å². The van der Waals surface area contributed by atoms with Crippen LogP contribution in [-0.4, -0.2) is 24.7 Å². The zero-order valence-corrected chi connectivity index (χ0v) is 9.02. The molecule has 0 aliphatic heterocycles. The van der Waals surface area contributed by atoms with Crippen LogP contribution in [-0.2, 0) is 7.05 Å². The van der Waals surface area contributed by atoms with Crippen LogP contribution >= 0.6 is 11.6 Å². The molecule has 15 heavy (non-hydrogen) atoms. The van der Waals surface area contributed by atoms with Crippen LogP contribution in [0.25, 0.3) is 11.4 Å². The van der Waals surface area contributed by atoms with Crippen molar-refractivity contribution in [2.45, 2.75) is 6.92 Å². The zero-order chi connectivity index (χ0) is 11.0. The molecule has 0 aromatic carbocycles. The standard InChI is InChI=1S/C8H9ClN6/c1-4-5(3-15(2)14-4)6-11-7(9)13-8(10)12-6/h3H,1-2H3,(H2,10,11,12,13). The number of anilines is 1. The Labute approximate surface area is 91.1 Å². The van der Waals surface area contributed by atoms with Crippen molar-refractivity contribution in [3.8, 4) is 11.4 Å². The molecule has 2 aromatic heterocycles. The van der Waals surface area contributed by atoms with E-state index in [1.54, 1.807) is 10.9 Å². The summed E-state index contributed by atoms with van der Waals surface area (Å²) in [6.45, 7) is 1.86. The van der Waals surface area contributed by atoms with Gasteiger partial charge in [0, 0.05) is 13.2 Å². The van der Waals surface area contributed by atoms with Crippen molar-refractivity contribution in [1.29, 1.82) is 0 Å². The Morgan fingerprint density at radius 3 is 2.60 bits per heavy atom. The number of halogens is 1. The number of hydrogen-bond donors (Lipinski definition) is 1. The molecule has 0 bridgehead atoms. The lowest BCUT2D eigenvalue weighted by molar-refractivity contribution is 0.756. The molecule has 2 heterocycles. The molecule has 0 spiro atoms. The topological polar surface area (TPSA) is 82.5 Å².